The molecular weight excluding hydrogens is 185 g/mol. The van der Waals surface area contributed by atoms with Crippen molar-refractivity contribution in [2.24, 2.45) is 5.10 Å². The predicted molar refractivity (Wildman–Crippen MR) is 30.0 cm³/mol. The molecule has 1 N–H and O–H groups in total. The summed E-state index contributed by atoms with van der Waals surface area (Å²) in [5, 5.41) is 2.67. The lowest BCUT2D eigenvalue weighted by Crippen LogP contribution is -2.09. The summed E-state index contributed by atoms with van der Waals surface area (Å²) in [6.07, 6.45) is 0. The molecule has 0 aliphatic carbocycles. The van der Waals surface area contributed by atoms with E-state index in [4.69, 9.17) is 0 Å². The molecule has 40 valence electrons. The second-order valence-corrected chi connectivity index (χ2v) is 2.86. The fourth-order valence-electron chi connectivity index (χ4n) is 0.186. The Bertz CT molecular complexity index is 105. The van der Waals surface area contributed by atoms with Crippen molar-refractivity contribution in [1.82, 2.24) is 8.98 Å². The van der Waals surface area contributed by atoms with Crippen LogP contribution in [0, 0.1) is 0 Å². The first kappa shape index (κ1) is 5.33. The molecule has 0 aromatic heterocycles. The predicted octanol–water partition coefficient (Wildman–Crippen LogP) is 1.01. The first-order chi connectivity index (χ1) is 3.29. The molecule has 0 aromatic carbocycles. The highest BCUT2D eigenvalue weighted by Gasteiger charge is 2.11. The Morgan fingerprint density at radius 1 is 2.00 bits per heavy atom. The van der Waals surface area contributed by atoms with E-state index in [0.29, 0.717) is 0 Å². The lowest BCUT2D eigenvalue weighted by atomic mass is 11.6. The van der Waals surface area contributed by atoms with Crippen LogP contribution in [0.1, 0.15) is 0 Å². The average Bonchev–Trinajstić information content (AvgIpc) is 1.87. The average molecular weight is 186 g/mol. The van der Waals surface area contributed by atoms with Gasteiger partial charge in [0.25, 0.3) is 5.30 Å². The lowest BCUT2D eigenvalue weighted by Gasteiger charge is -1.95. The van der Waals surface area contributed by atoms with Crippen LogP contribution in [0.15, 0.2) is 5.10 Å². The lowest BCUT2D eigenvalue weighted by molar-refractivity contribution is 0.589. The first-order valence-corrected chi connectivity index (χ1v) is 2.90. The van der Waals surface area contributed by atoms with E-state index in [2.05, 4.69) is 26.8 Å². The van der Waals surface area contributed by atoms with E-state index in [0.717, 1.165) is 11.9 Å². The van der Waals surface area contributed by atoms with Crippen molar-refractivity contribution in [2.75, 3.05) is 0 Å². The minimum absolute atomic E-state index is 0.489. The van der Waals surface area contributed by atoms with Crippen LogP contribution in [0.2, 0.25) is 0 Å². The van der Waals surface area contributed by atoms with E-state index in [9.17, 15) is 4.39 Å². The Balaban J connectivity index is 2.42. The summed E-state index contributed by atoms with van der Waals surface area (Å²) in [4.78, 5) is 0. The molecule has 0 saturated heterocycles. The van der Waals surface area contributed by atoms with Gasteiger partial charge >= 0.3 is 0 Å². The monoisotopic (exact) mass is 185 g/mol. The van der Waals surface area contributed by atoms with Gasteiger partial charge in [0.05, 0.1) is 0 Å². The van der Waals surface area contributed by atoms with Gasteiger partial charge in [-0.2, -0.15) is 4.39 Å². The maximum absolute atomic E-state index is 11.8. The summed E-state index contributed by atoms with van der Waals surface area (Å²) >= 11 is 3.75. The van der Waals surface area contributed by atoms with Gasteiger partial charge in [-0.15, -0.1) is 5.10 Å². The first-order valence-electron chi connectivity index (χ1n) is 1.42. The summed E-state index contributed by atoms with van der Waals surface area (Å²) < 4.78 is 13.0. The number of nitrogens with zero attached hydrogens (tertiary/aromatic N) is 2. The van der Waals surface area contributed by atoms with Gasteiger partial charge in [-0.25, -0.2) is 5.53 Å². The molecule has 1 rings (SSSR count). The summed E-state index contributed by atoms with van der Waals surface area (Å²) in [7, 11) is 0. The zero-order valence-corrected chi connectivity index (χ0v) is 5.46. The Labute approximate surface area is 52.4 Å². The second-order valence-electron chi connectivity index (χ2n) is 0.801. The van der Waals surface area contributed by atoms with E-state index < -0.39 is 5.30 Å². The number of hydrazine groups is 1. The third kappa shape index (κ3) is 1.29. The van der Waals surface area contributed by atoms with Crippen LogP contribution < -0.4 is 5.53 Å². The molecule has 0 bridgehead atoms. The number of hydrogen-bond donors (Lipinski definition) is 1. The molecule has 0 saturated carbocycles. The Morgan fingerprint density at radius 3 is 2.86 bits per heavy atom. The Hall–Kier alpha value is 0.190. The largest absolute Gasteiger partial charge is 0.283 e. The number of hydrazone groups is 1. The van der Waals surface area contributed by atoms with Crippen LogP contribution in [0.5, 0.6) is 0 Å². The standard InChI is InChI=1S/CHBrFN3S/c2-6-5-4-1(3)7-6/h5H. The molecule has 0 aromatic rings. The van der Waals surface area contributed by atoms with E-state index in [1.807, 2.05) is 0 Å². The number of nitrogens with one attached hydrogen (secondary N) is 1. The highest BCUT2D eigenvalue weighted by molar-refractivity contribution is 9.09. The molecule has 0 amide bonds. The van der Waals surface area contributed by atoms with Crippen molar-refractivity contribution in [2.45, 2.75) is 0 Å². The summed E-state index contributed by atoms with van der Waals surface area (Å²) in [5.74, 6) is 0. The molecule has 3 nitrogen and oxygen atoms in total. The van der Waals surface area contributed by atoms with Gasteiger partial charge < -0.3 is 0 Å². The molecule has 1 aliphatic heterocycles. The topological polar surface area (TPSA) is 27.6 Å². The van der Waals surface area contributed by atoms with E-state index in [1.54, 1.807) is 0 Å². The number of rotatable bonds is 0. The smallest absolute Gasteiger partial charge is 0.216 e. The molecule has 0 spiro atoms. The van der Waals surface area contributed by atoms with Crippen LogP contribution in [0.25, 0.3) is 0 Å². The van der Waals surface area contributed by atoms with Crippen LogP contribution >= 0.6 is 28.1 Å². The zero-order chi connectivity index (χ0) is 5.28. The fourth-order valence-corrected chi connectivity index (χ4v) is 0.919. The van der Waals surface area contributed by atoms with Crippen molar-refractivity contribution in [1.29, 1.82) is 0 Å². The quantitative estimate of drug-likeness (QED) is 0.451. The SMILES string of the molecule is FC1=NNN(Br)S1. The Kier molecular flexibility index (Phi) is 1.50. The van der Waals surface area contributed by atoms with Crippen LogP contribution in [-0.2, 0) is 0 Å². The maximum atomic E-state index is 11.8. The fraction of sp³-hybridized carbons (Fsp3) is 0. The summed E-state index contributed by atoms with van der Waals surface area (Å²) in [6.45, 7) is 0. The third-order valence-electron chi connectivity index (χ3n) is 0.372. The number of hydrogen-bond acceptors (Lipinski definition) is 4. The van der Waals surface area contributed by atoms with Crippen molar-refractivity contribution < 1.29 is 4.39 Å². The van der Waals surface area contributed by atoms with Crippen LogP contribution in [0.3, 0.4) is 0 Å². The molecule has 1 aliphatic rings. The molecular formula is CHBrFN3S. The van der Waals surface area contributed by atoms with Crippen LogP contribution in [-0.4, -0.2) is 8.74 Å². The van der Waals surface area contributed by atoms with Gasteiger partial charge in [0.1, 0.15) is 0 Å². The van der Waals surface area contributed by atoms with Crippen LogP contribution in [0.4, 0.5) is 4.39 Å². The van der Waals surface area contributed by atoms with Crippen molar-refractivity contribution >= 4 is 33.4 Å². The highest BCUT2D eigenvalue weighted by atomic mass is 79.9. The molecule has 1 heterocycles. The molecule has 0 radical (unpaired) electrons. The van der Waals surface area contributed by atoms with E-state index in [-0.39, 0.29) is 0 Å². The normalized spacial score (nSPS) is 21.7. The van der Waals surface area contributed by atoms with Gasteiger partial charge in [0, 0.05) is 28.1 Å². The molecule has 0 unspecified atom stereocenters. The van der Waals surface area contributed by atoms with Gasteiger partial charge in [0.15, 0.2) is 0 Å². The van der Waals surface area contributed by atoms with Gasteiger partial charge in [-0.3, -0.25) is 0 Å². The Morgan fingerprint density at radius 2 is 2.71 bits per heavy atom. The molecule has 0 atom stereocenters. The number of halogens is 2. The zero-order valence-electron chi connectivity index (χ0n) is 3.06. The van der Waals surface area contributed by atoms with Gasteiger partial charge in [-0.05, 0) is 0 Å². The maximum Gasteiger partial charge on any atom is 0.283 e. The summed E-state index contributed by atoms with van der Waals surface area (Å²) in [5.41, 5.74) is 2.30. The molecule has 6 heteroatoms. The van der Waals surface area contributed by atoms with Crippen molar-refractivity contribution in [3.8, 4) is 0 Å². The molecule has 0 fully saturated rings. The van der Waals surface area contributed by atoms with E-state index >= 15 is 0 Å². The minimum Gasteiger partial charge on any atom is -0.216 e. The van der Waals surface area contributed by atoms with E-state index in [1.165, 1.54) is 3.44 Å². The van der Waals surface area contributed by atoms with Gasteiger partial charge in [0.2, 0.25) is 0 Å². The second kappa shape index (κ2) is 1.97. The summed E-state index contributed by atoms with van der Waals surface area (Å²) in [6, 6.07) is 0. The highest BCUT2D eigenvalue weighted by Crippen LogP contribution is 2.19. The minimum atomic E-state index is -0.489. The van der Waals surface area contributed by atoms with Crippen molar-refractivity contribution in [3.05, 3.63) is 0 Å². The van der Waals surface area contributed by atoms with Gasteiger partial charge in [-0.1, -0.05) is 3.44 Å². The van der Waals surface area contributed by atoms with Crippen molar-refractivity contribution in [3.63, 3.8) is 0 Å². The molecule has 7 heavy (non-hydrogen) atoms. The third-order valence-corrected chi connectivity index (χ3v) is 1.45.